The summed E-state index contributed by atoms with van der Waals surface area (Å²) in [4.78, 5) is 12.9. The molecular weight excluding hydrogens is 346 g/mol. The van der Waals surface area contributed by atoms with Crippen molar-refractivity contribution >= 4 is 11.6 Å². The first kappa shape index (κ1) is 19.2. The molecule has 0 saturated carbocycles. The number of hydrogen-bond donors (Lipinski definition) is 2. The first-order chi connectivity index (χ1) is 13.1. The smallest absolute Gasteiger partial charge is 0.134 e. The molecule has 146 valence electrons. The van der Waals surface area contributed by atoms with Crippen LogP contribution in [0.25, 0.3) is 0 Å². The van der Waals surface area contributed by atoms with Crippen molar-refractivity contribution in [2.45, 2.75) is 19.0 Å². The number of nitrogen functional groups attached to an aromatic ring is 1. The second-order valence-electron chi connectivity index (χ2n) is 6.60. The van der Waals surface area contributed by atoms with E-state index in [1.165, 1.54) is 6.33 Å². The largest absolute Gasteiger partial charge is 0.497 e. The topological polar surface area (TPSA) is 97.0 Å². The molecule has 3 N–H and O–H groups in total. The number of nitrogens with zero attached hydrogens (tertiary/aromatic N) is 4. The number of benzene rings is 1. The number of nitrogens with two attached hydrogens (primary N) is 1. The number of aliphatic hydroxyl groups excluding tert-OH is 1. The van der Waals surface area contributed by atoms with Crippen LogP contribution in [0.3, 0.4) is 0 Å². The second-order valence-corrected chi connectivity index (χ2v) is 6.60. The minimum absolute atomic E-state index is 0.141. The fourth-order valence-corrected chi connectivity index (χ4v) is 3.46. The summed E-state index contributed by atoms with van der Waals surface area (Å²) < 4.78 is 10.7. The molecule has 0 unspecified atom stereocenters. The Hall–Kier alpha value is -2.58. The lowest BCUT2D eigenvalue weighted by Gasteiger charge is -2.42. The maximum absolute atomic E-state index is 9.54. The number of hydrogen-bond acceptors (Lipinski definition) is 8. The van der Waals surface area contributed by atoms with Crippen LogP contribution in [0.2, 0.25) is 0 Å². The van der Waals surface area contributed by atoms with Gasteiger partial charge in [0.2, 0.25) is 0 Å². The quantitative estimate of drug-likeness (QED) is 0.746. The highest BCUT2D eigenvalue weighted by molar-refractivity contribution is 5.46. The predicted molar refractivity (Wildman–Crippen MR) is 104 cm³/mol. The van der Waals surface area contributed by atoms with E-state index in [4.69, 9.17) is 15.2 Å². The third-order valence-corrected chi connectivity index (χ3v) is 4.86. The molecule has 1 saturated heterocycles. The summed E-state index contributed by atoms with van der Waals surface area (Å²) in [5.41, 5.74) is 6.91. The zero-order valence-electron chi connectivity index (χ0n) is 15.8. The second kappa shape index (κ2) is 8.88. The van der Waals surface area contributed by atoms with Gasteiger partial charge in [-0.05, 0) is 24.1 Å². The van der Waals surface area contributed by atoms with Crippen LogP contribution in [0.1, 0.15) is 12.0 Å². The van der Waals surface area contributed by atoms with E-state index < -0.39 is 0 Å². The molecular formula is C19H27N5O3. The van der Waals surface area contributed by atoms with Crippen LogP contribution in [-0.4, -0.2) is 66.5 Å². The van der Waals surface area contributed by atoms with E-state index in [0.29, 0.717) is 12.2 Å². The van der Waals surface area contributed by atoms with Gasteiger partial charge >= 0.3 is 0 Å². The first-order valence-corrected chi connectivity index (χ1v) is 9.02. The van der Waals surface area contributed by atoms with Crippen molar-refractivity contribution in [2.75, 3.05) is 51.1 Å². The Labute approximate surface area is 159 Å². The molecule has 27 heavy (non-hydrogen) atoms. The van der Waals surface area contributed by atoms with Gasteiger partial charge < -0.3 is 25.2 Å². The van der Waals surface area contributed by atoms with Crippen molar-refractivity contribution < 1.29 is 14.6 Å². The van der Waals surface area contributed by atoms with E-state index in [0.717, 1.165) is 49.1 Å². The zero-order valence-corrected chi connectivity index (χ0v) is 15.8. The lowest BCUT2D eigenvalue weighted by molar-refractivity contribution is 0.135. The van der Waals surface area contributed by atoms with E-state index in [1.807, 2.05) is 18.2 Å². The number of piperazine rings is 1. The van der Waals surface area contributed by atoms with E-state index in [-0.39, 0.29) is 12.6 Å². The van der Waals surface area contributed by atoms with Gasteiger partial charge in [0, 0.05) is 51.0 Å². The molecule has 0 aliphatic carbocycles. The monoisotopic (exact) mass is 373 g/mol. The summed E-state index contributed by atoms with van der Waals surface area (Å²) in [6, 6.07) is 7.91. The van der Waals surface area contributed by atoms with E-state index in [9.17, 15) is 5.11 Å². The van der Waals surface area contributed by atoms with E-state index in [2.05, 4.69) is 19.8 Å². The van der Waals surface area contributed by atoms with Gasteiger partial charge in [-0.15, -0.1) is 0 Å². The van der Waals surface area contributed by atoms with Crippen LogP contribution in [0.5, 0.6) is 11.5 Å². The SMILES string of the molecule is COc1cc(CN2CCN(c3cc(N)ncn3)C[C@@H]2CCO)cc(OC)c1. The van der Waals surface area contributed by atoms with Crippen LogP contribution >= 0.6 is 0 Å². The van der Waals surface area contributed by atoms with Crippen molar-refractivity contribution in [3.63, 3.8) is 0 Å². The van der Waals surface area contributed by atoms with Crippen LogP contribution in [0.4, 0.5) is 11.6 Å². The fraction of sp³-hybridized carbons (Fsp3) is 0.474. The fourth-order valence-electron chi connectivity index (χ4n) is 3.46. The van der Waals surface area contributed by atoms with Gasteiger partial charge in [-0.1, -0.05) is 0 Å². The highest BCUT2D eigenvalue weighted by Gasteiger charge is 2.27. The summed E-state index contributed by atoms with van der Waals surface area (Å²) in [6.45, 7) is 3.37. The Morgan fingerprint density at radius 2 is 1.85 bits per heavy atom. The molecule has 0 spiro atoms. The molecule has 1 aliphatic heterocycles. The van der Waals surface area contributed by atoms with Gasteiger partial charge in [0.15, 0.2) is 0 Å². The summed E-state index contributed by atoms with van der Waals surface area (Å²) in [6.07, 6.45) is 2.18. The van der Waals surface area contributed by atoms with Crippen LogP contribution in [-0.2, 0) is 6.54 Å². The molecule has 8 heteroatoms. The standard InChI is InChI=1S/C19H27N5O3/c1-26-16-7-14(8-17(9-16)27-2)11-23-4-5-24(12-15(23)3-6-25)19-10-18(20)21-13-22-19/h7-10,13,15,25H,3-6,11-12H2,1-2H3,(H2,20,21,22)/t15-/m0/s1. The van der Waals surface area contributed by atoms with Crippen molar-refractivity contribution in [3.05, 3.63) is 36.2 Å². The molecule has 3 rings (SSSR count). The molecule has 1 aromatic heterocycles. The van der Waals surface area contributed by atoms with Crippen LogP contribution < -0.4 is 20.1 Å². The summed E-state index contributed by atoms with van der Waals surface area (Å²) in [5, 5.41) is 9.54. The van der Waals surface area contributed by atoms with Gasteiger partial charge in [0.25, 0.3) is 0 Å². The van der Waals surface area contributed by atoms with Gasteiger partial charge in [0.05, 0.1) is 14.2 Å². The van der Waals surface area contributed by atoms with Gasteiger partial charge in [0.1, 0.15) is 29.5 Å². The molecule has 0 bridgehead atoms. The zero-order chi connectivity index (χ0) is 19.2. The highest BCUT2D eigenvalue weighted by atomic mass is 16.5. The average molecular weight is 373 g/mol. The number of aromatic nitrogens is 2. The first-order valence-electron chi connectivity index (χ1n) is 9.02. The minimum atomic E-state index is 0.141. The lowest BCUT2D eigenvalue weighted by atomic mass is 10.1. The molecule has 1 atom stereocenters. The number of rotatable bonds is 7. The molecule has 1 fully saturated rings. The maximum Gasteiger partial charge on any atom is 0.134 e. The van der Waals surface area contributed by atoms with Crippen LogP contribution in [0, 0.1) is 0 Å². The van der Waals surface area contributed by atoms with Gasteiger partial charge in [-0.3, -0.25) is 4.90 Å². The molecule has 0 amide bonds. The summed E-state index contributed by atoms with van der Waals surface area (Å²) in [5.74, 6) is 2.84. The molecule has 8 nitrogen and oxygen atoms in total. The Morgan fingerprint density at radius 1 is 1.11 bits per heavy atom. The van der Waals surface area contributed by atoms with Crippen LogP contribution in [0.15, 0.2) is 30.6 Å². The number of ether oxygens (including phenoxy) is 2. The third kappa shape index (κ3) is 4.78. The predicted octanol–water partition coefficient (Wildman–Crippen LogP) is 1.15. The lowest BCUT2D eigenvalue weighted by Crippen LogP contribution is -2.53. The average Bonchev–Trinajstić information content (AvgIpc) is 2.69. The normalized spacial score (nSPS) is 17.7. The Bertz CT molecular complexity index is 736. The maximum atomic E-state index is 9.54. The van der Waals surface area contributed by atoms with Crippen molar-refractivity contribution in [1.82, 2.24) is 14.9 Å². The number of anilines is 2. The number of aliphatic hydroxyl groups is 1. The molecule has 1 aromatic carbocycles. The van der Waals surface area contributed by atoms with Crippen molar-refractivity contribution in [2.24, 2.45) is 0 Å². The minimum Gasteiger partial charge on any atom is -0.497 e. The van der Waals surface area contributed by atoms with Crippen molar-refractivity contribution in [1.29, 1.82) is 0 Å². The Morgan fingerprint density at radius 3 is 2.48 bits per heavy atom. The van der Waals surface area contributed by atoms with Gasteiger partial charge in [-0.2, -0.15) is 0 Å². The van der Waals surface area contributed by atoms with Gasteiger partial charge in [-0.25, -0.2) is 9.97 Å². The Kier molecular flexibility index (Phi) is 6.31. The molecule has 2 aromatic rings. The Balaban J connectivity index is 1.74. The molecule has 0 radical (unpaired) electrons. The number of methoxy groups -OCH3 is 2. The highest BCUT2D eigenvalue weighted by Crippen LogP contribution is 2.26. The molecule has 2 heterocycles. The van der Waals surface area contributed by atoms with E-state index >= 15 is 0 Å². The molecule has 1 aliphatic rings. The van der Waals surface area contributed by atoms with E-state index in [1.54, 1.807) is 20.3 Å². The summed E-state index contributed by atoms with van der Waals surface area (Å²) >= 11 is 0. The third-order valence-electron chi connectivity index (χ3n) is 4.86. The van der Waals surface area contributed by atoms with Crippen molar-refractivity contribution in [3.8, 4) is 11.5 Å². The summed E-state index contributed by atoms with van der Waals surface area (Å²) in [7, 11) is 3.30.